The molecule has 0 aromatic heterocycles. The van der Waals surface area contributed by atoms with E-state index in [0.717, 1.165) is 58.1 Å². The number of ether oxygens (including phenoxy) is 2. The fourth-order valence-electron chi connectivity index (χ4n) is 2.93. The van der Waals surface area contributed by atoms with E-state index in [0.29, 0.717) is 12.0 Å². The van der Waals surface area contributed by atoms with Gasteiger partial charge in [-0.05, 0) is 30.0 Å². The van der Waals surface area contributed by atoms with Gasteiger partial charge in [-0.25, -0.2) is 0 Å². The molecule has 1 atom stereocenters. The summed E-state index contributed by atoms with van der Waals surface area (Å²) < 4.78 is 11.6. The second-order valence-electron chi connectivity index (χ2n) is 6.77. The first-order valence-corrected chi connectivity index (χ1v) is 8.93. The van der Waals surface area contributed by atoms with Crippen molar-refractivity contribution < 1.29 is 9.47 Å². The number of nitrogens with zero attached hydrogens (tertiary/aromatic N) is 1. The molecule has 4 nitrogen and oxygen atoms in total. The predicted octanol–water partition coefficient (Wildman–Crippen LogP) is 2.92. The van der Waals surface area contributed by atoms with E-state index in [1.54, 1.807) is 0 Å². The van der Waals surface area contributed by atoms with E-state index >= 15 is 0 Å². The monoisotopic (exact) mass is 320 g/mol. The van der Waals surface area contributed by atoms with Crippen molar-refractivity contribution in [2.75, 3.05) is 39.4 Å². The Labute approximate surface area is 141 Å². The van der Waals surface area contributed by atoms with Gasteiger partial charge >= 0.3 is 0 Å². The molecule has 0 bridgehead atoms. The minimum absolute atomic E-state index is 0.294. The summed E-state index contributed by atoms with van der Waals surface area (Å²) in [4.78, 5) is 2.51. The van der Waals surface area contributed by atoms with Crippen LogP contribution in [0.3, 0.4) is 0 Å². The normalized spacial score (nSPS) is 19.2. The van der Waals surface area contributed by atoms with E-state index in [1.165, 1.54) is 5.56 Å². The van der Waals surface area contributed by atoms with Crippen LogP contribution in [0.2, 0.25) is 0 Å². The Morgan fingerprint density at radius 3 is 3.04 bits per heavy atom. The molecule has 1 fully saturated rings. The lowest BCUT2D eigenvalue weighted by Gasteiger charge is -2.34. The summed E-state index contributed by atoms with van der Waals surface area (Å²) in [6.45, 7) is 13.3. The summed E-state index contributed by atoms with van der Waals surface area (Å²) in [5, 5.41) is 3.52. The van der Waals surface area contributed by atoms with Crippen molar-refractivity contribution in [3.05, 3.63) is 29.8 Å². The average molecular weight is 320 g/mol. The van der Waals surface area contributed by atoms with Crippen molar-refractivity contribution >= 4 is 0 Å². The molecule has 0 saturated carbocycles. The fourth-order valence-corrected chi connectivity index (χ4v) is 2.93. The highest BCUT2D eigenvalue weighted by atomic mass is 16.5. The number of rotatable bonds is 9. The van der Waals surface area contributed by atoms with Gasteiger partial charge in [0.05, 0.1) is 19.3 Å². The third-order valence-corrected chi connectivity index (χ3v) is 3.92. The highest BCUT2D eigenvalue weighted by molar-refractivity contribution is 5.28. The molecule has 2 rings (SSSR count). The van der Waals surface area contributed by atoms with Gasteiger partial charge in [-0.2, -0.15) is 0 Å². The van der Waals surface area contributed by atoms with Gasteiger partial charge < -0.3 is 14.8 Å². The molecule has 23 heavy (non-hydrogen) atoms. The van der Waals surface area contributed by atoms with Crippen molar-refractivity contribution in [2.24, 2.45) is 5.92 Å². The van der Waals surface area contributed by atoms with Crippen LogP contribution in [0.15, 0.2) is 24.3 Å². The van der Waals surface area contributed by atoms with E-state index in [9.17, 15) is 0 Å². The third-order valence-electron chi connectivity index (χ3n) is 3.92. The molecule has 0 amide bonds. The van der Waals surface area contributed by atoms with E-state index in [-0.39, 0.29) is 0 Å². The smallest absolute Gasteiger partial charge is 0.119 e. The standard InChI is InChI=1S/C19H32N2O2/c1-4-9-22-18-7-5-6-17(11-18)12-20-13-19-15-21(8-10-23-19)14-16(2)3/h5-7,11,16,19-20H,4,8-10,12-15H2,1-3H3. The van der Waals surface area contributed by atoms with Gasteiger partial charge in [-0.1, -0.05) is 32.9 Å². The van der Waals surface area contributed by atoms with Gasteiger partial charge in [0.1, 0.15) is 5.75 Å². The summed E-state index contributed by atoms with van der Waals surface area (Å²) >= 11 is 0. The van der Waals surface area contributed by atoms with Crippen molar-refractivity contribution in [3.63, 3.8) is 0 Å². The maximum atomic E-state index is 5.88. The van der Waals surface area contributed by atoms with Gasteiger partial charge in [0.2, 0.25) is 0 Å². The fraction of sp³-hybridized carbons (Fsp3) is 0.684. The van der Waals surface area contributed by atoms with Gasteiger partial charge in [-0.3, -0.25) is 4.90 Å². The molecule has 1 aromatic rings. The summed E-state index contributed by atoms with van der Waals surface area (Å²) in [6.07, 6.45) is 1.33. The van der Waals surface area contributed by atoms with E-state index in [2.05, 4.69) is 49.2 Å². The molecule has 1 saturated heterocycles. The first-order valence-electron chi connectivity index (χ1n) is 8.93. The zero-order valence-corrected chi connectivity index (χ0v) is 14.9. The second-order valence-corrected chi connectivity index (χ2v) is 6.77. The maximum Gasteiger partial charge on any atom is 0.119 e. The van der Waals surface area contributed by atoms with Gasteiger partial charge in [0, 0.05) is 32.7 Å². The molecule has 130 valence electrons. The Morgan fingerprint density at radius 1 is 1.39 bits per heavy atom. The van der Waals surface area contributed by atoms with Crippen LogP contribution in [0.4, 0.5) is 0 Å². The van der Waals surface area contributed by atoms with E-state index < -0.39 is 0 Å². The lowest BCUT2D eigenvalue weighted by atomic mass is 10.1. The SMILES string of the molecule is CCCOc1cccc(CNCC2CN(CC(C)C)CCO2)c1. The molecular weight excluding hydrogens is 288 g/mol. The Bertz CT molecular complexity index is 451. The van der Waals surface area contributed by atoms with Crippen LogP contribution in [0.5, 0.6) is 5.75 Å². The summed E-state index contributed by atoms with van der Waals surface area (Å²) in [7, 11) is 0. The molecule has 1 aliphatic heterocycles. The zero-order valence-electron chi connectivity index (χ0n) is 14.9. The highest BCUT2D eigenvalue weighted by Gasteiger charge is 2.20. The molecule has 1 unspecified atom stereocenters. The Hall–Kier alpha value is -1.10. The molecule has 1 heterocycles. The molecule has 0 aliphatic carbocycles. The molecule has 0 radical (unpaired) electrons. The molecular formula is C19H32N2O2. The van der Waals surface area contributed by atoms with Crippen LogP contribution < -0.4 is 10.1 Å². The third kappa shape index (κ3) is 6.90. The largest absolute Gasteiger partial charge is 0.494 e. The van der Waals surface area contributed by atoms with Crippen molar-refractivity contribution in [1.29, 1.82) is 0 Å². The zero-order chi connectivity index (χ0) is 16.5. The van der Waals surface area contributed by atoms with Crippen molar-refractivity contribution in [1.82, 2.24) is 10.2 Å². The van der Waals surface area contributed by atoms with Crippen LogP contribution in [0, 0.1) is 5.92 Å². The van der Waals surface area contributed by atoms with Crippen molar-refractivity contribution in [2.45, 2.75) is 39.8 Å². The molecule has 0 spiro atoms. The number of hydrogen-bond donors (Lipinski definition) is 1. The minimum Gasteiger partial charge on any atom is -0.494 e. The number of hydrogen-bond acceptors (Lipinski definition) is 4. The summed E-state index contributed by atoms with van der Waals surface area (Å²) in [5.41, 5.74) is 1.26. The lowest BCUT2D eigenvalue weighted by molar-refractivity contribution is -0.0303. The maximum absolute atomic E-state index is 5.88. The summed E-state index contributed by atoms with van der Waals surface area (Å²) in [5.74, 6) is 1.68. The van der Waals surface area contributed by atoms with Gasteiger partial charge in [0.15, 0.2) is 0 Å². The molecule has 4 heteroatoms. The predicted molar refractivity (Wildman–Crippen MR) is 95.0 cm³/mol. The van der Waals surface area contributed by atoms with Crippen LogP contribution >= 0.6 is 0 Å². The van der Waals surface area contributed by atoms with Crippen LogP contribution in [0.25, 0.3) is 0 Å². The number of nitrogens with one attached hydrogen (secondary N) is 1. The van der Waals surface area contributed by atoms with Crippen LogP contribution in [0.1, 0.15) is 32.8 Å². The number of benzene rings is 1. The first kappa shape index (κ1) is 18.2. The summed E-state index contributed by atoms with van der Waals surface area (Å²) in [6, 6.07) is 8.34. The van der Waals surface area contributed by atoms with E-state index in [1.807, 2.05) is 6.07 Å². The van der Waals surface area contributed by atoms with Crippen molar-refractivity contribution in [3.8, 4) is 5.75 Å². The van der Waals surface area contributed by atoms with Gasteiger partial charge in [-0.15, -0.1) is 0 Å². The molecule has 1 aromatic carbocycles. The average Bonchev–Trinajstić information content (AvgIpc) is 2.53. The van der Waals surface area contributed by atoms with Crippen LogP contribution in [-0.2, 0) is 11.3 Å². The van der Waals surface area contributed by atoms with Crippen LogP contribution in [-0.4, -0.2) is 50.4 Å². The van der Waals surface area contributed by atoms with E-state index in [4.69, 9.17) is 9.47 Å². The first-order chi connectivity index (χ1) is 11.2. The topological polar surface area (TPSA) is 33.7 Å². The highest BCUT2D eigenvalue weighted by Crippen LogP contribution is 2.14. The Balaban J connectivity index is 1.72. The Kier molecular flexibility index (Phi) is 7.86. The minimum atomic E-state index is 0.294. The molecule has 1 aliphatic rings. The van der Waals surface area contributed by atoms with Gasteiger partial charge in [0.25, 0.3) is 0 Å². The lowest BCUT2D eigenvalue weighted by Crippen LogP contribution is -2.47. The second kappa shape index (κ2) is 9.91. The molecule has 1 N–H and O–H groups in total. The number of morpholine rings is 1. The quantitative estimate of drug-likeness (QED) is 0.758. The Morgan fingerprint density at radius 2 is 2.26 bits per heavy atom.